The molecule has 2 aliphatic heterocycles. The molecule has 5 heteroatoms. The maximum Gasteiger partial charge on any atom is 0.262 e. The lowest BCUT2D eigenvalue weighted by atomic mass is 9.97. The molecule has 100 valence electrons. The van der Waals surface area contributed by atoms with Crippen LogP contribution in [0.2, 0.25) is 0 Å². The molecule has 0 aliphatic carbocycles. The zero-order valence-corrected chi connectivity index (χ0v) is 11.4. The van der Waals surface area contributed by atoms with E-state index in [1.165, 1.54) is 12.3 Å². The van der Waals surface area contributed by atoms with Crippen molar-refractivity contribution in [3.05, 3.63) is 71.9 Å². The van der Waals surface area contributed by atoms with Crippen molar-refractivity contribution in [2.75, 3.05) is 0 Å². The van der Waals surface area contributed by atoms with E-state index in [1.54, 1.807) is 16.4 Å². The van der Waals surface area contributed by atoms with Gasteiger partial charge in [0.2, 0.25) is 0 Å². The Kier molecular flexibility index (Phi) is 2.37. The van der Waals surface area contributed by atoms with Crippen LogP contribution in [0.15, 0.2) is 65.8 Å². The van der Waals surface area contributed by atoms with Gasteiger partial charge in [-0.15, -0.1) is 0 Å². The van der Waals surface area contributed by atoms with Gasteiger partial charge in [0.15, 0.2) is 5.03 Å². The van der Waals surface area contributed by atoms with E-state index in [1.807, 2.05) is 36.4 Å². The second-order valence-corrected chi connectivity index (χ2v) is 6.70. The standard InChI is InChI=1S/C15H12N2O2S/c18-20(19,15-7-3-4-10-16-15)17-13-8-9-14(17)12-6-2-1-5-11(12)13/h1-10,13-14H/t13-,14+. The summed E-state index contributed by atoms with van der Waals surface area (Å²) in [4.78, 5) is 4.00. The van der Waals surface area contributed by atoms with Crippen LogP contribution in [0.25, 0.3) is 0 Å². The molecular formula is C15H12N2O2S. The summed E-state index contributed by atoms with van der Waals surface area (Å²) in [5.74, 6) is 0. The summed E-state index contributed by atoms with van der Waals surface area (Å²) in [5.41, 5.74) is 2.14. The van der Waals surface area contributed by atoms with E-state index in [-0.39, 0.29) is 17.1 Å². The van der Waals surface area contributed by atoms with E-state index in [0.29, 0.717) is 0 Å². The molecule has 4 nitrogen and oxygen atoms in total. The van der Waals surface area contributed by atoms with Gasteiger partial charge in [-0.2, -0.15) is 4.31 Å². The molecule has 0 saturated carbocycles. The van der Waals surface area contributed by atoms with Gasteiger partial charge < -0.3 is 0 Å². The van der Waals surface area contributed by atoms with E-state index in [2.05, 4.69) is 4.98 Å². The maximum atomic E-state index is 12.8. The number of hydrogen-bond donors (Lipinski definition) is 0. The number of fused-ring (bicyclic) bond motifs is 5. The highest BCUT2D eigenvalue weighted by atomic mass is 32.2. The predicted octanol–water partition coefficient (Wildman–Crippen LogP) is 2.44. The number of sulfonamides is 1. The second kappa shape index (κ2) is 4.01. The molecule has 0 saturated heterocycles. The summed E-state index contributed by atoms with van der Waals surface area (Å²) >= 11 is 0. The number of hydrogen-bond acceptors (Lipinski definition) is 3. The van der Waals surface area contributed by atoms with Crippen LogP contribution in [0.1, 0.15) is 23.2 Å². The average molecular weight is 284 g/mol. The van der Waals surface area contributed by atoms with Crippen molar-refractivity contribution >= 4 is 10.0 Å². The van der Waals surface area contributed by atoms with Gasteiger partial charge in [-0.3, -0.25) is 0 Å². The predicted molar refractivity (Wildman–Crippen MR) is 74.3 cm³/mol. The summed E-state index contributed by atoms with van der Waals surface area (Å²) in [5, 5.41) is 0.103. The fourth-order valence-corrected chi connectivity index (χ4v) is 4.62. The van der Waals surface area contributed by atoms with Crippen molar-refractivity contribution in [2.24, 2.45) is 0 Å². The van der Waals surface area contributed by atoms with Gasteiger partial charge in [-0.1, -0.05) is 42.5 Å². The smallest absolute Gasteiger partial charge is 0.243 e. The highest BCUT2D eigenvalue weighted by molar-refractivity contribution is 7.89. The van der Waals surface area contributed by atoms with Crippen molar-refractivity contribution in [1.29, 1.82) is 0 Å². The maximum absolute atomic E-state index is 12.8. The van der Waals surface area contributed by atoms with Crippen molar-refractivity contribution in [2.45, 2.75) is 17.1 Å². The molecule has 2 bridgehead atoms. The first-order chi connectivity index (χ1) is 9.69. The number of nitrogens with zero attached hydrogens (tertiary/aromatic N) is 2. The molecule has 0 N–H and O–H groups in total. The fraction of sp³-hybridized carbons (Fsp3) is 0.133. The Balaban J connectivity index is 1.84. The lowest BCUT2D eigenvalue weighted by molar-refractivity contribution is 0.383. The number of rotatable bonds is 2. The molecule has 1 aromatic carbocycles. The Labute approximate surface area is 117 Å². The molecule has 0 radical (unpaired) electrons. The lowest BCUT2D eigenvalue weighted by Crippen LogP contribution is -2.29. The second-order valence-electron chi connectivity index (χ2n) is 4.91. The molecule has 4 rings (SSSR count). The molecule has 20 heavy (non-hydrogen) atoms. The SMILES string of the molecule is O=S(=O)(c1ccccn1)N1[C@@H]2C=C[C@H]1c1ccccc12. The summed E-state index contributed by atoms with van der Waals surface area (Å²) < 4.78 is 27.1. The van der Waals surface area contributed by atoms with Crippen LogP contribution >= 0.6 is 0 Å². The zero-order valence-electron chi connectivity index (χ0n) is 10.5. The minimum absolute atomic E-state index is 0.103. The Morgan fingerprint density at radius 1 is 0.900 bits per heavy atom. The third-order valence-corrected chi connectivity index (χ3v) is 5.62. The number of aromatic nitrogens is 1. The van der Waals surface area contributed by atoms with Gasteiger partial charge in [0.25, 0.3) is 10.0 Å². The van der Waals surface area contributed by atoms with Gasteiger partial charge in [0, 0.05) is 6.20 Å². The summed E-state index contributed by atoms with van der Waals surface area (Å²) in [7, 11) is -3.58. The Morgan fingerprint density at radius 2 is 1.50 bits per heavy atom. The number of pyridine rings is 1. The molecule has 0 fully saturated rings. The Morgan fingerprint density at radius 3 is 2.05 bits per heavy atom. The quantitative estimate of drug-likeness (QED) is 0.796. The monoisotopic (exact) mass is 284 g/mol. The van der Waals surface area contributed by atoms with Crippen LogP contribution in [0.3, 0.4) is 0 Å². The molecule has 0 unspecified atom stereocenters. The largest absolute Gasteiger partial charge is 0.262 e. The van der Waals surface area contributed by atoms with Gasteiger partial charge >= 0.3 is 0 Å². The van der Waals surface area contributed by atoms with E-state index < -0.39 is 10.0 Å². The topological polar surface area (TPSA) is 50.3 Å². The molecule has 0 spiro atoms. The minimum Gasteiger partial charge on any atom is -0.243 e. The molecule has 1 aromatic heterocycles. The third-order valence-electron chi connectivity index (χ3n) is 3.84. The molecule has 2 aliphatic rings. The van der Waals surface area contributed by atoms with Crippen LogP contribution in [0.4, 0.5) is 0 Å². The summed E-state index contributed by atoms with van der Waals surface area (Å²) in [6, 6.07) is 12.4. The van der Waals surface area contributed by atoms with Crippen LogP contribution in [0, 0.1) is 0 Å². The minimum atomic E-state index is -3.58. The summed E-state index contributed by atoms with van der Waals surface area (Å²) in [6.07, 6.45) is 5.41. The van der Waals surface area contributed by atoms with E-state index in [9.17, 15) is 8.42 Å². The summed E-state index contributed by atoms with van der Waals surface area (Å²) in [6.45, 7) is 0. The van der Waals surface area contributed by atoms with Crippen molar-refractivity contribution < 1.29 is 8.42 Å². The zero-order chi connectivity index (χ0) is 13.7. The lowest BCUT2D eigenvalue weighted by Gasteiger charge is -2.21. The first-order valence-corrected chi connectivity index (χ1v) is 7.85. The normalized spacial score (nSPS) is 24.0. The van der Waals surface area contributed by atoms with Crippen molar-refractivity contribution in [3.63, 3.8) is 0 Å². The average Bonchev–Trinajstić information content (AvgIpc) is 3.06. The molecular weight excluding hydrogens is 272 g/mol. The Hall–Kier alpha value is -1.98. The van der Waals surface area contributed by atoms with Gasteiger partial charge in [-0.25, -0.2) is 13.4 Å². The first kappa shape index (κ1) is 11.8. The molecule has 2 atom stereocenters. The third kappa shape index (κ3) is 1.44. The van der Waals surface area contributed by atoms with Crippen LogP contribution < -0.4 is 0 Å². The molecule has 0 amide bonds. The van der Waals surface area contributed by atoms with E-state index in [0.717, 1.165) is 11.1 Å². The van der Waals surface area contributed by atoms with Gasteiger partial charge in [-0.05, 0) is 23.3 Å². The highest BCUT2D eigenvalue weighted by Crippen LogP contribution is 2.50. The Bertz CT molecular complexity index is 767. The van der Waals surface area contributed by atoms with Crippen molar-refractivity contribution in [3.8, 4) is 0 Å². The molecule has 2 aromatic rings. The van der Waals surface area contributed by atoms with E-state index in [4.69, 9.17) is 0 Å². The highest BCUT2D eigenvalue weighted by Gasteiger charge is 2.47. The van der Waals surface area contributed by atoms with Gasteiger partial charge in [0.05, 0.1) is 12.1 Å². The van der Waals surface area contributed by atoms with E-state index >= 15 is 0 Å². The fourth-order valence-electron chi connectivity index (χ4n) is 2.99. The van der Waals surface area contributed by atoms with Crippen LogP contribution in [-0.2, 0) is 10.0 Å². The number of benzene rings is 1. The van der Waals surface area contributed by atoms with Gasteiger partial charge in [0.1, 0.15) is 0 Å². The van der Waals surface area contributed by atoms with Crippen LogP contribution in [-0.4, -0.2) is 17.7 Å². The first-order valence-electron chi connectivity index (χ1n) is 6.41. The van der Waals surface area contributed by atoms with Crippen molar-refractivity contribution in [1.82, 2.24) is 9.29 Å². The molecule has 3 heterocycles. The van der Waals surface area contributed by atoms with Crippen LogP contribution in [0.5, 0.6) is 0 Å².